The van der Waals surface area contributed by atoms with Gasteiger partial charge in [0.15, 0.2) is 0 Å². The van der Waals surface area contributed by atoms with Gasteiger partial charge in [0, 0.05) is 22.7 Å². The fraction of sp³-hybridized carbons (Fsp3) is 0.167. The molecule has 2 aromatic heterocycles. The Morgan fingerprint density at radius 3 is 2.70 bits per heavy atom. The molecule has 0 fully saturated rings. The number of aryl methyl sites for hydroxylation is 1. The lowest BCUT2D eigenvalue weighted by Crippen LogP contribution is -2.10. The van der Waals surface area contributed by atoms with Gasteiger partial charge in [0.2, 0.25) is 0 Å². The smallest absolute Gasteiger partial charge is 0.340 e. The van der Waals surface area contributed by atoms with E-state index < -0.39 is 0 Å². The summed E-state index contributed by atoms with van der Waals surface area (Å²) in [6, 6.07) is 11.8. The maximum Gasteiger partial charge on any atom is 0.340 e. The number of benzene rings is 1. The summed E-state index contributed by atoms with van der Waals surface area (Å²) < 4.78 is 5.19. The van der Waals surface area contributed by atoms with Crippen molar-refractivity contribution in [3.05, 3.63) is 59.2 Å². The molecule has 0 spiro atoms. The van der Waals surface area contributed by atoms with Crippen LogP contribution < -0.4 is 0 Å². The van der Waals surface area contributed by atoms with Crippen LogP contribution >= 0.6 is 11.3 Å². The molecule has 2 heterocycles. The van der Waals surface area contributed by atoms with Gasteiger partial charge in [-0.2, -0.15) is 0 Å². The molecule has 0 aliphatic heterocycles. The molecule has 0 aliphatic rings. The summed E-state index contributed by atoms with van der Waals surface area (Å²) in [6.07, 6.45) is 1.73. The molecule has 23 heavy (non-hydrogen) atoms. The Labute approximate surface area is 138 Å². The Hall–Kier alpha value is -2.53. The predicted molar refractivity (Wildman–Crippen MR) is 91.5 cm³/mol. The largest absolute Gasteiger partial charge is 0.462 e. The summed E-state index contributed by atoms with van der Waals surface area (Å²) in [5.74, 6) is -0.359. The summed E-state index contributed by atoms with van der Waals surface area (Å²) >= 11 is 1.49. The second kappa shape index (κ2) is 6.71. The van der Waals surface area contributed by atoms with E-state index in [1.807, 2.05) is 48.7 Å². The molecular weight excluding hydrogens is 308 g/mol. The van der Waals surface area contributed by atoms with Crippen LogP contribution in [0.15, 0.2) is 48.0 Å². The van der Waals surface area contributed by atoms with Crippen LogP contribution in [0.3, 0.4) is 0 Å². The summed E-state index contributed by atoms with van der Waals surface area (Å²) in [4.78, 5) is 21.3. The number of nitrogens with zero attached hydrogens (tertiary/aromatic N) is 2. The molecule has 4 nitrogen and oxygen atoms in total. The van der Waals surface area contributed by atoms with E-state index in [9.17, 15) is 4.79 Å². The third-order valence-corrected chi connectivity index (χ3v) is 4.22. The van der Waals surface area contributed by atoms with Gasteiger partial charge < -0.3 is 4.74 Å². The first-order chi connectivity index (χ1) is 11.2. The van der Waals surface area contributed by atoms with E-state index in [4.69, 9.17) is 4.74 Å². The van der Waals surface area contributed by atoms with Gasteiger partial charge in [0.05, 0.1) is 23.6 Å². The minimum absolute atomic E-state index is 0.329. The average molecular weight is 324 g/mol. The van der Waals surface area contributed by atoms with Gasteiger partial charge in [-0.05, 0) is 19.9 Å². The number of thiazole rings is 1. The maximum atomic E-state index is 12.3. The minimum atomic E-state index is -0.359. The Bertz CT molecular complexity index is 815. The van der Waals surface area contributed by atoms with E-state index in [1.165, 1.54) is 11.3 Å². The highest BCUT2D eigenvalue weighted by molar-refractivity contribution is 7.13. The first kappa shape index (κ1) is 15.4. The van der Waals surface area contributed by atoms with Crippen LogP contribution in [0.5, 0.6) is 0 Å². The highest BCUT2D eigenvalue weighted by Crippen LogP contribution is 2.31. The van der Waals surface area contributed by atoms with Crippen molar-refractivity contribution >= 4 is 17.3 Å². The fourth-order valence-electron chi connectivity index (χ4n) is 2.42. The first-order valence-electron chi connectivity index (χ1n) is 7.34. The van der Waals surface area contributed by atoms with Gasteiger partial charge in [-0.3, -0.25) is 4.98 Å². The Balaban J connectivity index is 2.20. The van der Waals surface area contributed by atoms with E-state index in [2.05, 4.69) is 9.97 Å². The first-order valence-corrected chi connectivity index (χ1v) is 8.22. The zero-order valence-corrected chi connectivity index (χ0v) is 13.8. The number of ether oxygens (including phenoxy) is 1. The Morgan fingerprint density at radius 2 is 2.04 bits per heavy atom. The molecule has 0 saturated heterocycles. The van der Waals surface area contributed by atoms with Crippen LogP contribution in [0.1, 0.15) is 23.0 Å². The second-order valence-corrected chi connectivity index (χ2v) is 5.83. The zero-order chi connectivity index (χ0) is 16.2. The predicted octanol–water partition coefficient (Wildman–Crippen LogP) is 4.36. The molecule has 3 aromatic rings. The lowest BCUT2D eigenvalue weighted by Gasteiger charge is -2.12. The van der Waals surface area contributed by atoms with Crippen molar-refractivity contribution < 1.29 is 9.53 Å². The number of hydrogen-bond acceptors (Lipinski definition) is 5. The van der Waals surface area contributed by atoms with Gasteiger partial charge in [-0.15, -0.1) is 11.3 Å². The minimum Gasteiger partial charge on any atom is -0.462 e. The van der Waals surface area contributed by atoms with Crippen LogP contribution in [0, 0.1) is 6.92 Å². The molecule has 0 saturated carbocycles. The molecule has 0 N–H and O–H groups in total. The van der Waals surface area contributed by atoms with E-state index >= 15 is 0 Å². The summed E-state index contributed by atoms with van der Waals surface area (Å²) in [7, 11) is 0. The molecule has 0 aliphatic carbocycles. The standard InChI is InChI=1S/C18H16N2O2S/c1-3-22-18(21)16-12(2)20-15(13-7-5-4-6-8-13)11-14(16)17-19-9-10-23-17/h4-11H,3H2,1-2H3. The third kappa shape index (κ3) is 3.14. The van der Waals surface area contributed by atoms with Gasteiger partial charge in [0.25, 0.3) is 0 Å². The lowest BCUT2D eigenvalue weighted by atomic mass is 10.0. The van der Waals surface area contributed by atoms with Crippen LogP contribution in [-0.2, 0) is 4.74 Å². The van der Waals surface area contributed by atoms with E-state index in [0.29, 0.717) is 17.9 Å². The molecule has 0 bridgehead atoms. The molecule has 116 valence electrons. The number of rotatable bonds is 4. The number of carbonyl (C=O) groups is 1. The summed E-state index contributed by atoms with van der Waals surface area (Å²) in [6.45, 7) is 3.95. The molecular formula is C18H16N2O2S. The van der Waals surface area contributed by atoms with Crippen molar-refractivity contribution in [2.24, 2.45) is 0 Å². The Kier molecular flexibility index (Phi) is 4.48. The van der Waals surface area contributed by atoms with Crippen LogP contribution in [-0.4, -0.2) is 22.5 Å². The van der Waals surface area contributed by atoms with E-state index in [0.717, 1.165) is 21.8 Å². The van der Waals surface area contributed by atoms with Crippen LogP contribution in [0.2, 0.25) is 0 Å². The van der Waals surface area contributed by atoms with Crippen molar-refractivity contribution in [1.82, 2.24) is 9.97 Å². The number of hydrogen-bond donors (Lipinski definition) is 0. The molecule has 0 atom stereocenters. The number of pyridine rings is 1. The van der Waals surface area contributed by atoms with Gasteiger partial charge in [-0.25, -0.2) is 9.78 Å². The average Bonchev–Trinajstić information content (AvgIpc) is 3.09. The number of aromatic nitrogens is 2. The Morgan fingerprint density at radius 1 is 1.26 bits per heavy atom. The van der Waals surface area contributed by atoms with Crippen LogP contribution in [0.4, 0.5) is 0 Å². The molecule has 1 aromatic carbocycles. The van der Waals surface area contributed by atoms with Gasteiger partial charge in [0.1, 0.15) is 5.01 Å². The molecule has 0 unspecified atom stereocenters. The van der Waals surface area contributed by atoms with Gasteiger partial charge in [-0.1, -0.05) is 30.3 Å². The normalized spacial score (nSPS) is 10.5. The van der Waals surface area contributed by atoms with Crippen molar-refractivity contribution in [3.63, 3.8) is 0 Å². The van der Waals surface area contributed by atoms with Crippen molar-refractivity contribution in [3.8, 4) is 21.8 Å². The SMILES string of the molecule is CCOC(=O)c1c(-c2nccs2)cc(-c2ccccc2)nc1C. The zero-order valence-electron chi connectivity index (χ0n) is 12.9. The van der Waals surface area contributed by atoms with Crippen LogP contribution in [0.25, 0.3) is 21.8 Å². The third-order valence-electron chi connectivity index (χ3n) is 3.41. The lowest BCUT2D eigenvalue weighted by molar-refractivity contribution is 0.0526. The van der Waals surface area contributed by atoms with Crippen molar-refractivity contribution in [1.29, 1.82) is 0 Å². The van der Waals surface area contributed by atoms with Crippen molar-refractivity contribution in [2.45, 2.75) is 13.8 Å². The highest BCUT2D eigenvalue weighted by Gasteiger charge is 2.21. The molecule has 0 radical (unpaired) electrons. The second-order valence-electron chi connectivity index (χ2n) is 4.94. The quantitative estimate of drug-likeness (QED) is 0.669. The van der Waals surface area contributed by atoms with E-state index in [1.54, 1.807) is 13.1 Å². The summed E-state index contributed by atoms with van der Waals surface area (Å²) in [5.41, 5.74) is 3.73. The van der Waals surface area contributed by atoms with Gasteiger partial charge >= 0.3 is 5.97 Å². The number of esters is 1. The monoisotopic (exact) mass is 324 g/mol. The molecule has 5 heteroatoms. The molecule has 0 amide bonds. The van der Waals surface area contributed by atoms with Crippen molar-refractivity contribution in [2.75, 3.05) is 6.61 Å². The fourth-order valence-corrected chi connectivity index (χ4v) is 3.08. The topological polar surface area (TPSA) is 52.1 Å². The maximum absolute atomic E-state index is 12.3. The summed E-state index contributed by atoms with van der Waals surface area (Å²) in [5, 5.41) is 2.68. The molecule has 3 rings (SSSR count). The number of carbonyl (C=O) groups excluding carboxylic acids is 1. The highest BCUT2D eigenvalue weighted by atomic mass is 32.1. The van der Waals surface area contributed by atoms with E-state index in [-0.39, 0.29) is 5.97 Å².